The van der Waals surface area contributed by atoms with Crippen molar-refractivity contribution in [2.75, 3.05) is 37.5 Å². The maximum Gasteiger partial charge on any atom is 0.287 e. The van der Waals surface area contributed by atoms with Crippen molar-refractivity contribution in [1.82, 2.24) is 9.78 Å². The zero-order valence-electron chi connectivity index (χ0n) is 19.8. The zero-order valence-corrected chi connectivity index (χ0v) is 20.6. The number of anilines is 2. The van der Waals surface area contributed by atoms with Gasteiger partial charge in [0.25, 0.3) is 5.56 Å². The third-order valence-electron chi connectivity index (χ3n) is 7.58. The van der Waals surface area contributed by atoms with E-state index in [2.05, 4.69) is 40.0 Å². The Bertz CT molecular complexity index is 1020. The van der Waals surface area contributed by atoms with Crippen molar-refractivity contribution < 1.29 is 9.47 Å². The first-order chi connectivity index (χ1) is 16.6. The topological polar surface area (TPSA) is 77.4 Å². The Morgan fingerprint density at radius 3 is 2.59 bits per heavy atom. The summed E-state index contributed by atoms with van der Waals surface area (Å²) in [5.41, 5.74) is 3.00. The second-order valence-corrected chi connectivity index (χ2v) is 10.3. The highest BCUT2D eigenvalue weighted by Gasteiger charge is 2.28. The number of ether oxygens (including phenoxy) is 2. The van der Waals surface area contributed by atoms with Crippen LogP contribution in [-0.4, -0.2) is 48.8 Å². The molecule has 0 radical (unpaired) electrons. The summed E-state index contributed by atoms with van der Waals surface area (Å²) in [6, 6.07) is 9.41. The second kappa shape index (κ2) is 10.7. The number of halogens is 1. The highest BCUT2D eigenvalue weighted by molar-refractivity contribution is 6.32. The summed E-state index contributed by atoms with van der Waals surface area (Å²) in [5, 5.41) is 11.6. The highest BCUT2D eigenvalue weighted by atomic mass is 35.5. The van der Waals surface area contributed by atoms with E-state index in [0.717, 1.165) is 44.6 Å². The molecular weight excluding hydrogens is 452 g/mol. The molecule has 3 aliphatic rings. The van der Waals surface area contributed by atoms with Gasteiger partial charge < -0.3 is 20.1 Å². The average Bonchev–Trinajstić information content (AvgIpc) is 3.72. The Hall–Kier alpha value is -2.09. The molecule has 2 aliphatic carbocycles. The number of methoxy groups -OCH3 is 1. The lowest BCUT2D eigenvalue weighted by molar-refractivity contribution is -0.0512. The van der Waals surface area contributed by atoms with Gasteiger partial charge in [-0.15, -0.1) is 0 Å². The van der Waals surface area contributed by atoms with Gasteiger partial charge in [-0.3, -0.25) is 4.79 Å². The fourth-order valence-corrected chi connectivity index (χ4v) is 5.52. The molecule has 2 aromatic rings. The minimum atomic E-state index is -0.220. The third-order valence-corrected chi connectivity index (χ3v) is 7.94. The smallest absolute Gasteiger partial charge is 0.287 e. The number of hydrogen-bond acceptors (Lipinski definition) is 6. The quantitative estimate of drug-likeness (QED) is 0.556. The number of hydrogen-bond donors (Lipinski definition) is 2. The van der Waals surface area contributed by atoms with Crippen LogP contribution in [-0.2, 0) is 9.47 Å². The average molecular weight is 487 g/mol. The van der Waals surface area contributed by atoms with Crippen molar-refractivity contribution in [3.63, 3.8) is 0 Å². The molecule has 1 saturated heterocycles. The van der Waals surface area contributed by atoms with Crippen molar-refractivity contribution in [2.24, 2.45) is 5.92 Å². The van der Waals surface area contributed by atoms with Gasteiger partial charge in [-0.2, -0.15) is 5.10 Å². The molecule has 34 heavy (non-hydrogen) atoms. The van der Waals surface area contributed by atoms with Crippen LogP contribution in [0.15, 0.2) is 35.3 Å². The van der Waals surface area contributed by atoms with E-state index in [1.807, 2.05) is 0 Å². The van der Waals surface area contributed by atoms with Crippen LogP contribution in [0.4, 0.5) is 11.4 Å². The Morgan fingerprint density at radius 2 is 1.88 bits per heavy atom. The van der Waals surface area contributed by atoms with Crippen molar-refractivity contribution in [3.8, 4) is 0 Å². The first-order valence-corrected chi connectivity index (χ1v) is 13.0. The summed E-state index contributed by atoms with van der Waals surface area (Å²) in [7, 11) is 1.73. The van der Waals surface area contributed by atoms with Crippen LogP contribution in [0, 0.1) is 5.92 Å². The lowest BCUT2D eigenvalue weighted by atomic mass is 9.91. The first-order valence-electron chi connectivity index (χ1n) is 12.6. The highest BCUT2D eigenvalue weighted by Crippen LogP contribution is 2.40. The van der Waals surface area contributed by atoms with Crippen LogP contribution in [0.3, 0.4) is 0 Å². The normalized spacial score (nSPS) is 27.4. The van der Waals surface area contributed by atoms with Gasteiger partial charge in [0.05, 0.1) is 30.6 Å². The van der Waals surface area contributed by atoms with Crippen molar-refractivity contribution in [3.05, 3.63) is 51.4 Å². The number of aromatic nitrogens is 2. The third kappa shape index (κ3) is 5.42. The van der Waals surface area contributed by atoms with Crippen LogP contribution in [0.2, 0.25) is 5.02 Å². The molecule has 0 amide bonds. The fourth-order valence-electron chi connectivity index (χ4n) is 5.32. The number of benzene rings is 1. The Morgan fingerprint density at radius 1 is 1.12 bits per heavy atom. The summed E-state index contributed by atoms with van der Waals surface area (Å²) in [4.78, 5) is 13.0. The Balaban J connectivity index is 1.15. The van der Waals surface area contributed by atoms with Gasteiger partial charge in [0.2, 0.25) is 0 Å². The van der Waals surface area contributed by atoms with E-state index in [1.54, 1.807) is 18.0 Å². The maximum absolute atomic E-state index is 13.0. The molecule has 1 aromatic heterocycles. The summed E-state index contributed by atoms with van der Waals surface area (Å²) < 4.78 is 12.7. The lowest BCUT2D eigenvalue weighted by Crippen LogP contribution is -2.38. The van der Waals surface area contributed by atoms with Gasteiger partial charge in [-0.05, 0) is 68.6 Å². The van der Waals surface area contributed by atoms with E-state index in [1.165, 1.54) is 24.1 Å². The van der Waals surface area contributed by atoms with Crippen LogP contribution in [0.25, 0.3) is 0 Å². The molecule has 0 unspecified atom stereocenters. The summed E-state index contributed by atoms with van der Waals surface area (Å²) in [6.07, 6.45) is 9.17. The molecule has 3 fully saturated rings. The van der Waals surface area contributed by atoms with Crippen LogP contribution in [0.1, 0.15) is 62.5 Å². The van der Waals surface area contributed by atoms with Gasteiger partial charge >= 0.3 is 0 Å². The Kier molecular flexibility index (Phi) is 7.42. The van der Waals surface area contributed by atoms with Crippen molar-refractivity contribution >= 4 is 23.0 Å². The summed E-state index contributed by atoms with van der Waals surface area (Å²) in [6.45, 7) is 1.98. The molecule has 2 saturated carbocycles. The van der Waals surface area contributed by atoms with Crippen LogP contribution < -0.4 is 16.2 Å². The molecule has 1 aliphatic heterocycles. The molecule has 2 heterocycles. The largest absolute Gasteiger partial charge is 0.382 e. The molecule has 1 aromatic carbocycles. The molecule has 7 nitrogen and oxygen atoms in total. The van der Waals surface area contributed by atoms with Gasteiger partial charge in [-0.1, -0.05) is 23.7 Å². The fraction of sp³-hybridized carbons (Fsp3) is 0.615. The lowest BCUT2D eigenvalue weighted by Gasteiger charge is -2.31. The predicted molar refractivity (Wildman–Crippen MR) is 135 cm³/mol. The van der Waals surface area contributed by atoms with Gasteiger partial charge in [0, 0.05) is 37.9 Å². The first kappa shape index (κ1) is 23.6. The van der Waals surface area contributed by atoms with E-state index in [-0.39, 0.29) is 28.6 Å². The number of rotatable bonds is 8. The zero-order chi connectivity index (χ0) is 23.5. The van der Waals surface area contributed by atoms with Crippen molar-refractivity contribution in [1.29, 1.82) is 0 Å². The van der Waals surface area contributed by atoms with E-state index >= 15 is 0 Å². The van der Waals surface area contributed by atoms with Gasteiger partial charge in [0.15, 0.2) is 0 Å². The van der Waals surface area contributed by atoms with E-state index < -0.39 is 0 Å². The molecule has 8 heteroatoms. The standard InChI is InChI=1S/C26H35ClN4O3/c1-33-24-12-13-34-16-19(24)14-28-23-15-29-31(26(32)25(23)27)22-10-8-21(9-11-22)30-20-6-4-18(5-7-20)17-2-3-17/h4-7,15,17,19,21-22,24,28,30H,2-3,8-14,16H2,1H3/t19-,21?,22?,24+/m0/s1. The molecular formula is C26H35ClN4O3. The molecule has 2 atom stereocenters. The van der Waals surface area contributed by atoms with Gasteiger partial charge in [0.1, 0.15) is 5.02 Å². The predicted octanol–water partition coefficient (Wildman–Crippen LogP) is 4.83. The van der Waals surface area contributed by atoms with Crippen LogP contribution >= 0.6 is 11.6 Å². The molecule has 2 N–H and O–H groups in total. The number of nitrogens with zero attached hydrogens (tertiary/aromatic N) is 2. The Labute approximate surface area is 206 Å². The summed E-state index contributed by atoms with van der Waals surface area (Å²) >= 11 is 6.47. The van der Waals surface area contributed by atoms with E-state index in [0.29, 0.717) is 24.9 Å². The van der Waals surface area contributed by atoms with E-state index in [4.69, 9.17) is 21.1 Å². The minimum Gasteiger partial charge on any atom is -0.382 e. The SMILES string of the molecule is CO[C@@H]1CCOC[C@@H]1CNc1cnn(C2CCC(Nc3ccc(C4CC4)cc3)CC2)c(=O)c1Cl. The minimum absolute atomic E-state index is 0.0824. The second-order valence-electron chi connectivity index (χ2n) is 9.95. The van der Waals surface area contributed by atoms with Crippen LogP contribution in [0.5, 0.6) is 0 Å². The maximum atomic E-state index is 13.0. The molecule has 5 rings (SSSR count). The summed E-state index contributed by atoms with van der Waals surface area (Å²) in [5.74, 6) is 0.997. The van der Waals surface area contributed by atoms with E-state index in [9.17, 15) is 4.79 Å². The molecule has 184 valence electrons. The molecule has 0 bridgehead atoms. The monoisotopic (exact) mass is 486 g/mol. The van der Waals surface area contributed by atoms with Gasteiger partial charge in [-0.25, -0.2) is 4.68 Å². The number of nitrogens with one attached hydrogen (secondary N) is 2. The molecule has 0 spiro atoms. The van der Waals surface area contributed by atoms with Crippen molar-refractivity contribution in [2.45, 2.75) is 69.1 Å².